The summed E-state index contributed by atoms with van der Waals surface area (Å²) >= 11 is 0. The van der Waals surface area contributed by atoms with E-state index >= 15 is 0 Å². The minimum Gasteiger partial charge on any atom is -0.501 e. The molecule has 0 aromatic heterocycles. The van der Waals surface area contributed by atoms with Crippen LogP contribution in [0.1, 0.15) is 103 Å². The fourth-order valence-corrected chi connectivity index (χ4v) is 12.9. The molecule has 0 amide bonds. The largest absolute Gasteiger partial charge is 0.501 e. The van der Waals surface area contributed by atoms with Gasteiger partial charge in [0.15, 0.2) is 0 Å². The molecule has 0 aliphatic heterocycles. The van der Waals surface area contributed by atoms with Crippen LogP contribution in [0.2, 0.25) is 0 Å². The van der Waals surface area contributed by atoms with Gasteiger partial charge in [-0.05, 0) is 183 Å². The quantitative estimate of drug-likeness (QED) is 0.219. The Labute approximate surface area is 383 Å². The summed E-state index contributed by atoms with van der Waals surface area (Å²) in [4.78, 5) is 5.40. The molecule has 11 aliphatic carbocycles. The minimum absolute atomic E-state index is 0.214. The Morgan fingerprint density at radius 3 is 2.08 bits per heavy atom. The third kappa shape index (κ3) is 7.90. The average Bonchev–Trinajstić information content (AvgIpc) is 3.36. The standard InChI is InChI=1S/C60H66N2O2/c1-63-53-25-13-23-49(37-53)61(47-19-5-3-6-20-47)51-31-33-55-57(39-51)59(45-29-27-41-15-9-11-17-43(41)35-45)56-34-32-52(40-58(56)60(55)46-30-28-42-16-10-12-18-44(42)36-46)62(48-21-7-4-8-22-48)50-24-14-26-54(38-50)64-2/h3,5-7,11-12,14,17-19,21-24,26-30,37,39-40,45-47,50,55,60H,4,8-10,13,15-16,20,25,31-36,38H2,1-2H3. The molecule has 6 atom stereocenters. The van der Waals surface area contributed by atoms with Crippen molar-refractivity contribution in [2.24, 2.45) is 23.7 Å². The Bertz CT molecular complexity index is 2520. The summed E-state index contributed by atoms with van der Waals surface area (Å²) in [5, 5.41) is 0. The Balaban J connectivity index is 1.09. The minimum atomic E-state index is 0.214. The second-order valence-corrected chi connectivity index (χ2v) is 19.6. The van der Waals surface area contributed by atoms with Crippen LogP contribution in [0.3, 0.4) is 0 Å². The monoisotopic (exact) mass is 847 g/mol. The SMILES string of the molecule is COC1=CC(N(C2=CC3=C(C4C=CC5=C(C=CCC5)C4)C4=C(C=C(N(C5=CCCC=C5)C5C=CC=C(OC)C5)CC4)C(C4C=CC5=C(C=CCC5)C4)C3CC2)C2C=CC=CC2)=CCC1. The van der Waals surface area contributed by atoms with E-state index in [-0.39, 0.29) is 12.1 Å². The molecule has 0 spiro atoms. The van der Waals surface area contributed by atoms with Crippen molar-refractivity contribution in [3.63, 3.8) is 0 Å². The molecule has 11 rings (SSSR count). The molecule has 0 fully saturated rings. The number of ether oxygens (including phenoxy) is 2. The Kier molecular flexibility index (Phi) is 11.7. The Morgan fingerprint density at radius 2 is 1.28 bits per heavy atom. The normalized spacial score (nSPS) is 30.4. The first-order valence-electron chi connectivity index (χ1n) is 24.8. The van der Waals surface area contributed by atoms with Gasteiger partial charge in [0.2, 0.25) is 0 Å². The van der Waals surface area contributed by atoms with Crippen LogP contribution in [-0.2, 0) is 9.47 Å². The smallest absolute Gasteiger partial charge is 0.0979 e. The second-order valence-electron chi connectivity index (χ2n) is 19.6. The van der Waals surface area contributed by atoms with Gasteiger partial charge in [0, 0.05) is 41.5 Å². The number of hydrogen-bond donors (Lipinski definition) is 0. The lowest BCUT2D eigenvalue weighted by atomic mass is 9.58. The van der Waals surface area contributed by atoms with E-state index in [4.69, 9.17) is 9.47 Å². The van der Waals surface area contributed by atoms with Crippen molar-refractivity contribution >= 4 is 0 Å². The van der Waals surface area contributed by atoms with E-state index in [2.05, 4.69) is 143 Å². The fourth-order valence-electron chi connectivity index (χ4n) is 12.9. The van der Waals surface area contributed by atoms with E-state index < -0.39 is 0 Å². The highest BCUT2D eigenvalue weighted by atomic mass is 16.5. The molecule has 0 aromatic carbocycles. The van der Waals surface area contributed by atoms with Crippen LogP contribution in [0, 0.1) is 23.7 Å². The zero-order valence-electron chi connectivity index (χ0n) is 38.2. The molecular formula is C60H66N2O2. The highest BCUT2D eigenvalue weighted by Gasteiger charge is 2.45. The molecule has 6 unspecified atom stereocenters. The third-order valence-corrected chi connectivity index (χ3v) is 16.0. The van der Waals surface area contributed by atoms with E-state index in [1.165, 1.54) is 29.2 Å². The van der Waals surface area contributed by atoms with Gasteiger partial charge in [-0.3, -0.25) is 0 Å². The molecule has 64 heavy (non-hydrogen) atoms. The van der Waals surface area contributed by atoms with Crippen LogP contribution < -0.4 is 0 Å². The van der Waals surface area contributed by atoms with Crippen LogP contribution in [0.15, 0.2) is 213 Å². The Hall–Kier alpha value is -5.48. The summed E-state index contributed by atoms with van der Waals surface area (Å²) in [6.07, 6.45) is 70.8. The molecule has 4 nitrogen and oxygen atoms in total. The summed E-state index contributed by atoms with van der Waals surface area (Å²) < 4.78 is 11.8. The number of nitrogens with zero attached hydrogens (tertiary/aromatic N) is 2. The van der Waals surface area contributed by atoms with E-state index in [0.29, 0.717) is 23.7 Å². The van der Waals surface area contributed by atoms with Gasteiger partial charge in [-0.25, -0.2) is 0 Å². The van der Waals surface area contributed by atoms with Crippen molar-refractivity contribution in [2.45, 2.75) is 115 Å². The lowest BCUT2D eigenvalue weighted by Crippen LogP contribution is -2.39. The number of hydrogen-bond acceptors (Lipinski definition) is 4. The molecule has 4 heteroatoms. The molecule has 0 aromatic rings. The van der Waals surface area contributed by atoms with Crippen molar-refractivity contribution in [3.05, 3.63) is 213 Å². The molecule has 0 saturated carbocycles. The summed E-state index contributed by atoms with van der Waals surface area (Å²) in [5.74, 6) is 3.76. The summed E-state index contributed by atoms with van der Waals surface area (Å²) in [6, 6.07) is 0.492. The van der Waals surface area contributed by atoms with Crippen molar-refractivity contribution in [2.75, 3.05) is 14.2 Å². The van der Waals surface area contributed by atoms with Crippen LogP contribution >= 0.6 is 0 Å². The van der Waals surface area contributed by atoms with Gasteiger partial charge >= 0.3 is 0 Å². The van der Waals surface area contributed by atoms with E-state index in [1.54, 1.807) is 44.6 Å². The first kappa shape index (κ1) is 41.2. The molecule has 328 valence electrons. The van der Waals surface area contributed by atoms with E-state index in [0.717, 1.165) is 108 Å². The summed E-state index contributed by atoms with van der Waals surface area (Å²) in [6.45, 7) is 0. The summed E-state index contributed by atoms with van der Waals surface area (Å²) in [5.41, 5.74) is 18.3. The van der Waals surface area contributed by atoms with Gasteiger partial charge in [0.25, 0.3) is 0 Å². The number of fused-ring (bicyclic) bond motifs is 1. The van der Waals surface area contributed by atoms with Gasteiger partial charge in [-0.2, -0.15) is 0 Å². The number of allylic oxidation sites excluding steroid dienone is 30. The van der Waals surface area contributed by atoms with Crippen molar-refractivity contribution < 1.29 is 9.47 Å². The molecule has 0 heterocycles. The average molecular weight is 847 g/mol. The third-order valence-electron chi connectivity index (χ3n) is 16.0. The number of rotatable bonds is 10. The molecular weight excluding hydrogens is 781 g/mol. The first-order valence-corrected chi connectivity index (χ1v) is 24.8. The Morgan fingerprint density at radius 1 is 0.531 bits per heavy atom. The predicted octanol–water partition coefficient (Wildman–Crippen LogP) is 14.4. The number of methoxy groups -OCH3 is 2. The molecule has 0 saturated heterocycles. The van der Waals surface area contributed by atoms with Gasteiger partial charge in [-0.1, -0.05) is 103 Å². The van der Waals surface area contributed by atoms with Crippen molar-refractivity contribution in [1.82, 2.24) is 9.80 Å². The van der Waals surface area contributed by atoms with Crippen LogP contribution in [0.5, 0.6) is 0 Å². The van der Waals surface area contributed by atoms with Crippen molar-refractivity contribution in [3.8, 4) is 0 Å². The van der Waals surface area contributed by atoms with Gasteiger partial charge < -0.3 is 19.3 Å². The van der Waals surface area contributed by atoms with Gasteiger partial charge in [0.05, 0.1) is 37.8 Å². The molecule has 11 aliphatic rings. The molecule has 0 bridgehead atoms. The lowest BCUT2D eigenvalue weighted by molar-refractivity contribution is 0.243. The first-order chi connectivity index (χ1) is 31.6. The predicted molar refractivity (Wildman–Crippen MR) is 263 cm³/mol. The van der Waals surface area contributed by atoms with Gasteiger partial charge in [-0.15, -0.1) is 0 Å². The topological polar surface area (TPSA) is 24.9 Å². The summed E-state index contributed by atoms with van der Waals surface area (Å²) in [7, 11) is 3.67. The van der Waals surface area contributed by atoms with Crippen molar-refractivity contribution in [1.29, 1.82) is 0 Å². The van der Waals surface area contributed by atoms with E-state index in [9.17, 15) is 0 Å². The zero-order chi connectivity index (χ0) is 43.0. The van der Waals surface area contributed by atoms with Crippen LogP contribution in [0.25, 0.3) is 0 Å². The maximum absolute atomic E-state index is 5.93. The fraction of sp³-hybridized carbons (Fsp3) is 0.400. The maximum atomic E-state index is 5.93. The van der Waals surface area contributed by atoms with Crippen LogP contribution in [0.4, 0.5) is 0 Å². The highest BCUT2D eigenvalue weighted by molar-refractivity contribution is 5.60. The lowest BCUT2D eigenvalue weighted by Gasteiger charge is -2.48. The highest BCUT2D eigenvalue weighted by Crippen LogP contribution is 2.57. The van der Waals surface area contributed by atoms with Gasteiger partial charge in [0.1, 0.15) is 0 Å². The maximum Gasteiger partial charge on any atom is 0.0979 e. The van der Waals surface area contributed by atoms with E-state index in [1.807, 2.05) is 14.2 Å². The molecule has 0 radical (unpaired) electrons. The second kappa shape index (κ2) is 18.2. The zero-order valence-corrected chi connectivity index (χ0v) is 38.2. The van der Waals surface area contributed by atoms with Crippen LogP contribution in [-0.4, -0.2) is 36.1 Å². The molecule has 0 N–H and O–H groups in total.